The first-order valence-electron chi connectivity index (χ1n) is 10.1. The number of rotatable bonds is 5. The third-order valence-electron chi connectivity index (χ3n) is 5.84. The third kappa shape index (κ3) is 3.26. The van der Waals surface area contributed by atoms with Crippen LogP contribution in [0.1, 0.15) is 40.5 Å². The van der Waals surface area contributed by atoms with E-state index in [0.29, 0.717) is 17.3 Å². The highest BCUT2D eigenvalue weighted by Crippen LogP contribution is 2.43. The van der Waals surface area contributed by atoms with Crippen LogP contribution in [-0.2, 0) is 4.74 Å². The van der Waals surface area contributed by atoms with Crippen LogP contribution in [0.4, 0.5) is 0 Å². The molecule has 1 amide bonds. The maximum Gasteiger partial charge on any atom is 0.273 e. The first kappa shape index (κ1) is 19.2. The Hall–Kier alpha value is -2.83. The van der Waals surface area contributed by atoms with E-state index in [1.54, 1.807) is 7.11 Å². The lowest BCUT2D eigenvalue weighted by atomic mass is 9.96. The first-order valence-corrected chi connectivity index (χ1v) is 10.4. The zero-order valence-electron chi connectivity index (χ0n) is 16.6. The molecule has 0 spiro atoms. The second-order valence-electron chi connectivity index (χ2n) is 7.64. The SMILES string of the molecule is COc1ccc(-c2n[nH]c3c2C(c2ccc(Cl)cc2)N(CC2CCCO2)C3=O)cc1. The molecule has 1 aromatic heterocycles. The van der Waals surface area contributed by atoms with Crippen LogP contribution in [0.25, 0.3) is 11.3 Å². The number of hydrogen-bond acceptors (Lipinski definition) is 4. The molecule has 0 aliphatic carbocycles. The molecule has 6 nitrogen and oxygen atoms in total. The smallest absolute Gasteiger partial charge is 0.273 e. The Kier molecular flexibility index (Phi) is 4.97. The van der Waals surface area contributed by atoms with Crippen molar-refractivity contribution in [1.29, 1.82) is 0 Å². The van der Waals surface area contributed by atoms with Gasteiger partial charge in [-0.15, -0.1) is 0 Å². The Morgan fingerprint density at radius 1 is 1.20 bits per heavy atom. The van der Waals surface area contributed by atoms with E-state index in [0.717, 1.165) is 47.6 Å². The molecule has 2 aliphatic rings. The minimum atomic E-state index is -0.246. The molecule has 3 heterocycles. The Balaban J connectivity index is 1.59. The van der Waals surface area contributed by atoms with E-state index < -0.39 is 0 Å². The summed E-state index contributed by atoms with van der Waals surface area (Å²) >= 11 is 6.12. The molecule has 3 aromatic rings. The summed E-state index contributed by atoms with van der Waals surface area (Å²) in [5, 5.41) is 8.16. The normalized spacial score (nSPS) is 20.6. The number of fused-ring (bicyclic) bond motifs is 1. The number of nitrogens with one attached hydrogen (secondary N) is 1. The molecule has 154 valence electrons. The highest BCUT2D eigenvalue weighted by atomic mass is 35.5. The van der Waals surface area contributed by atoms with Gasteiger partial charge in [0, 0.05) is 29.3 Å². The summed E-state index contributed by atoms with van der Waals surface area (Å²) in [6.07, 6.45) is 2.06. The van der Waals surface area contributed by atoms with Gasteiger partial charge in [0.15, 0.2) is 0 Å². The van der Waals surface area contributed by atoms with Gasteiger partial charge in [0.1, 0.15) is 11.4 Å². The van der Waals surface area contributed by atoms with Crippen molar-refractivity contribution in [2.45, 2.75) is 25.0 Å². The molecule has 2 unspecified atom stereocenters. The van der Waals surface area contributed by atoms with Crippen molar-refractivity contribution in [3.05, 3.63) is 70.4 Å². The lowest BCUT2D eigenvalue weighted by Gasteiger charge is -2.28. The van der Waals surface area contributed by atoms with E-state index in [-0.39, 0.29) is 18.1 Å². The predicted molar refractivity (Wildman–Crippen MR) is 114 cm³/mol. The molecule has 7 heteroatoms. The van der Waals surface area contributed by atoms with Crippen LogP contribution in [0.2, 0.25) is 5.02 Å². The molecule has 1 N–H and O–H groups in total. The highest BCUT2D eigenvalue weighted by Gasteiger charge is 2.43. The number of benzene rings is 2. The number of H-pyrrole nitrogens is 1. The van der Waals surface area contributed by atoms with Crippen LogP contribution < -0.4 is 4.74 Å². The number of halogens is 1. The van der Waals surface area contributed by atoms with Crippen molar-refractivity contribution < 1.29 is 14.3 Å². The molecule has 2 aliphatic heterocycles. The number of aromatic amines is 1. The highest BCUT2D eigenvalue weighted by molar-refractivity contribution is 6.30. The second kappa shape index (κ2) is 7.78. The molecule has 0 saturated carbocycles. The van der Waals surface area contributed by atoms with E-state index in [1.807, 2.05) is 53.4 Å². The average molecular weight is 424 g/mol. The minimum Gasteiger partial charge on any atom is -0.497 e. The van der Waals surface area contributed by atoms with E-state index in [2.05, 4.69) is 10.2 Å². The van der Waals surface area contributed by atoms with Crippen LogP contribution in [0, 0.1) is 0 Å². The molecule has 5 rings (SSSR count). The summed E-state index contributed by atoms with van der Waals surface area (Å²) in [5.74, 6) is 0.726. The molecular weight excluding hydrogens is 402 g/mol. The lowest BCUT2D eigenvalue weighted by molar-refractivity contribution is 0.0495. The predicted octanol–water partition coefficient (Wildman–Crippen LogP) is 4.46. The first-order chi connectivity index (χ1) is 14.7. The fraction of sp³-hybridized carbons (Fsp3) is 0.304. The molecule has 30 heavy (non-hydrogen) atoms. The second-order valence-corrected chi connectivity index (χ2v) is 8.07. The molecule has 0 bridgehead atoms. The average Bonchev–Trinajstić information content (AvgIpc) is 3.49. The monoisotopic (exact) mass is 423 g/mol. The standard InChI is InChI=1S/C23H22ClN3O3/c1-29-17-10-6-14(7-11-17)20-19-21(26-25-20)23(28)27(13-18-3-2-12-30-18)22(19)15-4-8-16(24)9-5-15/h4-11,18,22H,2-3,12-13H2,1H3,(H,25,26). The number of ether oxygens (including phenoxy) is 2. The van der Waals surface area contributed by atoms with Crippen molar-refractivity contribution in [2.24, 2.45) is 0 Å². The van der Waals surface area contributed by atoms with Gasteiger partial charge in [0.2, 0.25) is 0 Å². The van der Waals surface area contributed by atoms with Gasteiger partial charge in [-0.3, -0.25) is 9.89 Å². The molecule has 2 aromatic carbocycles. The van der Waals surface area contributed by atoms with Crippen LogP contribution in [-0.4, -0.2) is 47.4 Å². The van der Waals surface area contributed by atoms with Crippen LogP contribution in [0.5, 0.6) is 5.75 Å². The number of amides is 1. The fourth-order valence-corrected chi connectivity index (χ4v) is 4.48. The maximum atomic E-state index is 13.3. The Bertz CT molecular complexity index is 1060. The van der Waals surface area contributed by atoms with Gasteiger partial charge in [0.05, 0.1) is 24.9 Å². The summed E-state index contributed by atoms with van der Waals surface area (Å²) in [6.45, 7) is 1.30. The van der Waals surface area contributed by atoms with E-state index in [1.165, 1.54) is 0 Å². The summed E-state index contributed by atoms with van der Waals surface area (Å²) in [5.41, 5.74) is 4.14. The van der Waals surface area contributed by atoms with Gasteiger partial charge in [-0.1, -0.05) is 23.7 Å². The number of hydrogen-bond donors (Lipinski definition) is 1. The fourth-order valence-electron chi connectivity index (χ4n) is 4.35. The van der Waals surface area contributed by atoms with E-state index in [9.17, 15) is 4.79 Å². The van der Waals surface area contributed by atoms with Crippen molar-refractivity contribution in [3.63, 3.8) is 0 Å². The van der Waals surface area contributed by atoms with Gasteiger partial charge >= 0.3 is 0 Å². The largest absolute Gasteiger partial charge is 0.497 e. The summed E-state index contributed by atoms with van der Waals surface area (Å²) in [4.78, 5) is 15.2. The van der Waals surface area contributed by atoms with Crippen molar-refractivity contribution >= 4 is 17.5 Å². The molecule has 1 saturated heterocycles. The van der Waals surface area contributed by atoms with Crippen LogP contribution in [0.3, 0.4) is 0 Å². The Morgan fingerprint density at radius 2 is 1.97 bits per heavy atom. The third-order valence-corrected chi connectivity index (χ3v) is 6.09. The van der Waals surface area contributed by atoms with Gasteiger partial charge in [-0.2, -0.15) is 5.10 Å². The van der Waals surface area contributed by atoms with E-state index in [4.69, 9.17) is 21.1 Å². The van der Waals surface area contributed by atoms with Crippen LogP contribution >= 0.6 is 11.6 Å². The summed E-state index contributed by atoms with van der Waals surface area (Å²) in [7, 11) is 1.64. The Labute approximate surface area is 179 Å². The quantitative estimate of drug-likeness (QED) is 0.657. The zero-order valence-corrected chi connectivity index (χ0v) is 17.4. The van der Waals surface area contributed by atoms with Gasteiger partial charge in [-0.25, -0.2) is 0 Å². The summed E-state index contributed by atoms with van der Waals surface area (Å²) in [6, 6.07) is 15.1. The molecule has 2 atom stereocenters. The summed E-state index contributed by atoms with van der Waals surface area (Å²) < 4.78 is 11.1. The topological polar surface area (TPSA) is 67.4 Å². The zero-order chi connectivity index (χ0) is 20.7. The number of aromatic nitrogens is 2. The lowest BCUT2D eigenvalue weighted by Crippen LogP contribution is -2.36. The Morgan fingerprint density at radius 3 is 2.63 bits per heavy atom. The van der Waals surface area contributed by atoms with Gasteiger partial charge < -0.3 is 14.4 Å². The number of carbonyl (C=O) groups excluding carboxylic acids is 1. The van der Waals surface area contributed by atoms with Crippen LogP contribution in [0.15, 0.2) is 48.5 Å². The van der Waals surface area contributed by atoms with Crippen molar-refractivity contribution in [2.75, 3.05) is 20.3 Å². The maximum absolute atomic E-state index is 13.3. The molecule has 0 radical (unpaired) electrons. The minimum absolute atomic E-state index is 0.0484. The van der Waals surface area contributed by atoms with Crippen molar-refractivity contribution in [3.8, 4) is 17.0 Å². The van der Waals surface area contributed by atoms with Gasteiger partial charge in [0.25, 0.3) is 5.91 Å². The number of carbonyl (C=O) groups is 1. The van der Waals surface area contributed by atoms with Crippen molar-refractivity contribution in [1.82, 2.24) is 15.1 Å². The molecular formula is C23H22ClN3O3. The van der Waals surface area contributed by atoms with E-state index >= 15 is 0 Å². The molecule has 1 fully saturated rings. The van der Waals surface area contributed by atoms with Gasteiger partial charge in [-0.05, 0) is 54.8 Å². The number of nitrogens with zero attached hydrogens (tertiary/aromatic N) is 2. The number of methoxy groups -OCH3 is 1.